The SMILES string of the molecule is CC(CCCN)C(=O)NC1CC2CC1C1CCCC21. The van der Waals surface area contributed by atoms with Gasteiger partial charge in [0.15, 0.2) is 0 Å². The van der Waals surface area contributed by atoms with Gasteiger partial charge < -0.3 is 11.1 Å². The van der Waals surface area contributed by atoms with Crippen molar-refractivity contribution in [3.8, 4) is 0 Å². The van der Waals surface area contributed by atoms with Crippen molar-refractivity contribution in [1.82, 2.24) is 5.32 Å². The molecule has 6 atom stereocenters. The summed E-state index contributed by atoms with van der Waals surface area (Å²) in [7, 11) is 0. The first-order valence-electron chi connectivity index (χ1n) is 8.21. The third-order valence-electron chi connectivity index (χ3n) is 6.05. The van der Waals surface area contributed by atoms with Gasteiger partial charge in [0.05, 0.1) is 0 Å². The van der Waals surface area contributed by atoms with Gasteiger partial charge in [0.25, 0.3) is 0 Å². The molecule has 0 spiro atoms. The Bertz CT molecular complexity index is 344. The van der Waals surface area contributed by atoms with Crippen molar-refractivity contribution < 1.29 is 4.79 Å². The van der Waals surface area contributed by atoms with Crippen molar-refractivity contribution in [1.29, 1.82) is 0 Å². The summed E-state index contributed by atoms with van der Waals surface area (Å²) < 4.78 is 0. The molecule has 3 nitrogen and oxygen atoms in total. The number of carbonyl (C=O) groups is 1. The number of rotatable bonds is 5. The first kappa shape index (κ1) is 13.4. The molecule has 3 fully saturated rings. The third kappa shape index (κ3) is 2.42. The molecule has 0 aromatic rings. The summed E-state index contributed by atoms with van der Waals surface area (Å²) in [5, 5.41) is 3.35. The molecule has 0 saturated heterocycles. The molecule has 0 aliphatic heterocycles. The number of nitrogens with two attached hydrogens (primary N) is 1. The van der Waals surface area contributed by atoms with Crippen LogP contribution in [0.15, 0.2) is 0 Å². The van der Waals surface area contributed by atoms with Crippen LogP contribution >= 0.6 is 0 Å². The molecule has 1 amide bonds. The van der Waals surface area contributed by atoms with Crippen LogP contribution in [-0.4, -0.2) is 18.5 Å². The summed E-state index contributed by atoms with van der Waals surface area (Å²) in [6, 6.07) is 0.483. The van der Waals surface area contributed by atoms with Gasteiger partial charge in [0, 0.05) is 12.0 Å². The van der Waals surface area contributed by atoms with Crippen LogP contribution in [0, 0.1) is 29.6 Å². The Morgan fingerprint density at radius 2 is 2.05 bits per heavy atom. The molecule has 3 aliphatic rings. The maximum absolute atomic E-state index is 12.2. The Morgan fingerprint density at radius 1 is 1.26 bits per heavy atom. The molecule has 0 aromatic heterocycles. The van der Waals surface area contributed by atoms with E-state index in [9.17, 15) is 4.79 Å². The number of hydrogen-bond acceptors (Lipinski definition) is 2. The highest BCUT2D eigenvalue weighted by molar-refractivity contribution is 5.78. The molecule has 3 rings (SSSR count). The van der Waals surface area contributed by atoms with Gasteiger partial charge in [-0.2, -0.15) is 0 Å². The molecular formula is C16H28N2O. The van der Waals surface area contributed by atoms with Crippen molar-refractivity contribution in [2.75, 3.05) is 6.54 Å². The predicted octanol–water partition coefficient (Wildman–Crippen LogP) is 2.30. The molecule has 0 heterocycles. The second-order valence-electron chi connectivity index (χ2n) is 7.10. The zero-order valence-electron chi connectivity index (χ0n) is 12.1. The highest BCUT2D eigenvalue weighted by Gasteiger charge is 2.54. The van der Waals surface area contributed by atoms with Crippen molar-refractivity contribution in [2.24, 2.45) is 35.3 Å². The zero-order chi connectivity index (χ0) is 13.4. The number of amides is 1. The predicted molar refractivity (Wildman–Crippen MR) is 76.4 cm³/mol. The van der Waals surface area contributed by atoms with Crippen molar-refractivity contribution in [3.05, 3.63) is 0 Å². The van der Waals surface area contributed by atoms with E-state index in [1.807, 2.05) is 6.92 Å². The Labute approximate surface area is 116 Å². The highest BCUT2D eigenvalue weighted by atomic mass is 16.1. The quantitative estimate of drug-likeness (QED) is 0.800. The number of fused-ring (bicyclic) bond motifs is 5. The standard InChI is InChI=1S/C16H28N2O/c1-10(4-3-7-17)16(19)18-15-9-11-8-14(15)13-6-2-5-12(11)13/h10-15H,2-9,17H2,1H3,(H,18,19). The van der Waals surface area contributed by atoms with Gasteiger partial charge in [-0.25, -0.2) is 0 Å². The van der Waals surface area contributed by atoms with Crippen LogP contribution in [0.5, 0.6) is 0 Å². The van der Waals surface area contributed by atoms with Crippen molar-refractivity contribution in [2.45, 2.75) is 57.9 Å². The van der Waals surface area contributed by atoms with Gasteiger partial charge in [0.2, 0.25) is 5.91 Å². The minimum absolute atomic E-state index is 0.127. The fourth-order valence-electron chi connectivity index (χ4n) is 5.11. The van der Waals surface area contributed by atoms with Crippen LogP contribution in [0.25, 0.3) is 0 Å². The molecule has 2 bridgehead atoms. The lowest BCUT2D eigenvalue weighted by Crippen LogP contribution is -2.44. The largest absolute Gasteiger partial charge is 0.353 e. The fourth-order valence-corrected chi connectivity index (χ4v) is 5.11. The molecule has 3 heteroatoms. The summed E-state index contributed by atoms with van der Waals surface area (Å²) in [4.78, 5) is 12.2. The van der Waals surface area contributed by atoms with Gasteiger partial charge in [0.1, 0.15) is 0 Å². The molecule has 3 saturated carbocycles. The fraction of sp³-hybridized carbons (Fsp3) is 0.938. The van der Waals surface area contributed by atoms with Crippen LogP contribution in [0.2, 0.25) is 0 Å². The van der Waals surface area contributed by atoms with E-state index < -0.39 is 0 Å². The minimum atomic E-state index is 0.127. The Hall–Kier alpha value is -0.570. The van der Waals surface area contributed by atoms with E-state index in [0.717, 1.165) is 36.5 Å². The van der Waals surface area contributed by atoms with Crippen LogP contribution < -0.4 is 11.1 Å². The zero-order valence-corrected chi connectivity index (χ0v) is 12.1. The second kappa shape index (κ2) is 5.43. The molecule has 19 heavy (non-hydrogen) atoms. The number of carbonyl (C=O) groups excluding carboxylic acids is 1. The third-order valence-corrected chi connectivity index (χ3v) is 6.05. The molecular weight excluding hydrogens is 236 g/mol. The van der Waals surface area contributed by atoms with E-state index in [0.29, 0.717) is 12.6 Å². The summed E-state index contributed by atoms with van der Waals surface area (Å²) >= 11 is 0. The second-order valence-corrected chi connectivity index (χ2v) is 7.10. The average molecular weight is 264 g/mol. The number of hydrogen-bond donors (Lipinski definition) is 2. The first-order chi connectivity index (χ1) is 9.20. The lowest BCUT2D eigenvalue weighted by atomic mass is 9.79. The summed E-state index contributed by atoms with van der Waals surface area (Å²) in [5.41, 5.74) is 5.52. The van der Waals surface area contributed by atoms with Crippen LogP contribution in [0.3, 0.4) is 0 Å². The number of nitrogens with one attached hydrogen (secondary N) is 1. The molecule has 0 radical (unpaired) electrons. The smallest absolute Gasteiger partial charge is 0.223 e. The molecule has 3 aliphatic carbocycles. The summed E-state index contributed by atoms with van der Waals surface area (Å²) in [6.07, 6.45) is 8.82. The Morgan fingerprint density at radius 3 is 2.84 bits per heavy atom. The van der Waals surface area contributed by atoms with E-state index in [4.69, 9.17) is 5.73 Å². The van der Waals surface area contributed by atoms with Gasteiger partial charge in [-0.3, -0.25) is 4.79 Å². The van der Waals surface area contributed by atoms with E-state index in [2.05, 4.69) is 5.32 Å². The van der Waals surface area contributed by atoms with Crippen molar-refractivity contribution in [3.63, 3.8) is 0 Å². The van der Waals surface area contributed by atoms with E-state index in [1.54, 1.807) is 0 Å². The lowest BCUT2D eigenvalue weighted by Gasteiger charge is -2.32. The van der Waals surface area contributed by atoms with E-state index in [1.165, 1.54) is 32.1 Å². The van der Waals surface area contributed by atoms with Crippen LogP contribution in [0.1, 0.15) is 51.9 Å². The first-order valence-corrected chi connectivity index (χ1v) is 8.21. The highest BCUT2D eigenvalue weighted by Crippen LogP contribution is 2.58. The van der Waals surface area contributed by atoms with Gasteiger partial charge in [-0.05, 0) is 68.7 Å². The monoisotopic (exact) mass is 264 g/mol. The van der Waals surface area contributed by atoms with E-state index >= 15 is 0 Å². The normalized spacial score (nSPS) is 41.3. The maximum Gasteiger partial charge on any atom is 0.223 e. The average Bonchev–Trinajstić information content (AvgIpc) is 3.06. The molecule has 6 unspecified atom stereocenters. The van der Waals surface area contributed by atoms with Crippen LogP contribution in [0.4, 0.5) is 0 Å². The maximum atomic E-state index is 12.2. The van der Waals surface area contributed by atoms with Gasteiger partial charge in [-0.1, -0.05) is 13.3 Å². The van der Waals surface area contributed by atoms with Gasteiger partial charge in [-0.15, -0.1) is 0 Å². The Balaban J connectivity index is 1.53. The Kier molecular flexibility index (Phi) is 3.84. The van der Waals surface area contributed by atoms with E-state index in [-0.39, 0.29) is 11.8 Å². The van der Waals surface area contributed by atoms with Crippen molar-refractivity contribution >= 4 is 5.91 Å². The minimum Gasteiger partial charge on any atom is -0.353 e. The topological polar surface area (TPSA) is 55.1 Å². The molecule has 3 N–H and O–H groups in total. The molecule has 0 aromatic carbocycles. The summed E-state index contributed by atoms with van der Waals surface area (Å²) in [5.74, 6) is 4.05. The van der Waals surface area contributed by atoms with Crippen LogP contribution in [-0.2, 0) is 4.79 Å². The lowest BCUT2D eigenvalue weighted by molar-refractivity contribution is -0.126. The molecule has 108 valence electrons. The van der Waals surface area contributed by atoms with Gasteiger partial charge >= 0.3 is 0 Å². The summed E-state index contributed by atoms with van der Waals surface area (Å²) in [6.45, 7) is 2.73.